The van der Waals surface area contributed by atoms with E-state index in [0.29, 0.717) is 24.3 Å². The Labute approximate surface area is 152 Å². The summed E-state index contributed by atoms with van der Waals surface area (Å²) in [4.78, 5) is 30.7. The minimum atomic E-state index is -0.143. The molecule has 6 heteroatoms. The smallest absolute Gasteiger partial charge is 0.253 e. The molecule has 134 valence electrons. The van der Waals surface area contributed by atoms with Gasteiger partial charge in [0.05, 0.1) is 17.4 Å². The molecule has 1 N–H and O–H groups in total. The number of rotatable bonds is 6. The van der Waals surface area contributed by atoms with Crippen molar-refractivity contribution >= 4 is 28.5 Å². The molecule has 2 amide bonds. The number of fused-ring (bicyclic) bond motifs is 1. The second kappa shape index (κ2) is 7.82. The fraction of sp³-hybridized carbons (Fsp3) is 0.250. The zero-order valence-electron chi connectivity index (χ0n) is 15.0. The van der Waals surface area contributed by atoms with Gasteiger partial charge in [-0.25, -0.2) is 4.98 Å². The van der Waals surface area contributed by atoms with Gasteiger partial charge >= 0.3 is 0 Å². The van der Waals surface area contributed by atoms with Crippen molar-refractivity contribution in [3.63, 3.8) is 0 Å². The summed E-state index contributed by atoms with van der Waals surface area (Å²) >= 11 is 0. The van der Waals surface area contributed by atoms with E-state index >= 15 is 0 Å². The molecule has 0 aliphatic heterocycles. The molecule has 26 heavy (non-hydrogen) atoms. The summed E-state index contributed by atoms with van der Waals surface area (Å²) in [7, 11) is 0. The van der Waals surface area contributed by atoms with Gasteiger partial charge in [-0.2, -0.15) is 0 Å². The Kier molecular flexibility index (Phi) is 5.31. The van der Waals surface area contributed by atoms with Gasteiger partial charge in [-0.15, -0.1) is 0 Å². The van der Waals surface area contributed by atoms with Crippen LogP contribution in [0.1, 0.15) is 24.2 Å². The molecule has 0 bridgehead atoms. The number of hydrogen-bond acceptors (Lipinski definition) is 3. The highest BCUT2D eigenvalue weighted by Crippen LogP contribution is 2.14. The Bertz CT molecular complexity index is 911. The van der Waals surface area contributed by atoms with Gasteiger partial charge in [-0.3, -0.25) is 9.59 Å². The average Bonchev–Trinajstić information content (AvgIpc) is 3.06. The van der Waals surface area contributed by atoms with Crippen molar-refractivity contribution in [2.24, 2.45) is 0 Å². The molecule has 3 rings (SSSR count). The first-order chi connectivity index (χ1) is 12.6. The SMILES string of the molecule is CCN(CC)C(=O)c1ccc(NC(=O)Cn2cnc3ccccc32)cc1. The number of carbonyl (C=O) groups is 2. The fourth-order valence-electron chi connectivity index (χ4n) is 2.88. The van der Waals surface area contributed by atoms with Crippen LogP contribution in [0.25, 0.3) is 11.0 Å². The highest BCUT2D eigenvalue weighted by atomic mass is 16.2. The molecular weight excluding hydrogens is 328 g/mol. The number of para-hydroxylation sites is 2. The minimum Gasteiger partial charge on any atom is -0.339 e. The van der Waals surface area contributed by atoms with E-state index in [0.717, 1.165) is 11.0 Å². The number of nitrogens with zero attached hydrogens (tertiary/aromatic N) is 3. The molecule has 3 aromatic rings. The normalized spacial score (nSPS) is 10.7. The number of benzene rings is 2. The van der Waals surface area contributed by atoms with Gasteiger partial charge in [0, 0.05) is 24.3 Å². The third-order valence-electron chi connectivity index (χ3n) is 4.31. The maximum absolute atomic E-state index is 12.3. The number of hydrogen-bond donors (Lipinski definition) is 1. The topological polar surface area (TPSA) is 67.2 Å². The molecule has 0 atom stereocenters. The molecule has 0 radical (unpaired) electrons. The fourth-order valence-corrected chi connectivity index (χ4v) is 2.88. The van der Waals surface area contributed by atoms with Crippen LogP contribution in [0.5, 0.6) is 0 Å². The highest BCUT2D eigenvalue weighted by Gasteiger charge is 2.12. The summed E-state index contributed by atoms with van der Waals surface area (Å²) in [6.45, 7) is 5.44. The van der Waals surface area contributed by atoms with E-state index < -0.39 is 0 Å². The van der Waals surface area contributed by atoms with Gasteiger partial charge in [-0.1, -0.05) is 12.1 Å². The third-order valence-corrected chi connectivity index (χ3v) is 4.31. The molecular formula is C20H22N4O2. The van der Waals surface area contributed by atoms with Gasteiger partial charge in [0.1, 0.15) is 6.54 Å². The molecule has 1 aromatic heterocycles. The predicted octanol–water partition coefficient (Wildman–Crippen LogP) is 3.16. The van der Waals surface area contributed by atoms with Crippen LogP contribution in [0.15, 0.2) is 54.9 Å². The van der Waals surface area contributed by atoms with E-state index in [2.05, 4.69) is 10.3 Å². The Morgan fingerprint density at radius 1 is 1.04 bits per heavy atom. The van der Waals surface area contributed by atoms with Crippen LogP contribution >= 0.6 is 0 Å². The Hall–Kier alpha value is -3.15. The molecule has 0 saturated heterocycles. The quantitative estimate of drug-likeness (QED) is 0.742. The maximum Gasteiger partial charge on any atom is 0.253 e. The van der Waals surface area contributed by atoms with Crippen molar-refractivity contribution in [2.75, 3.05) is 18.4 Å². The first-order valence-corrected chi connectivity index (χ1v) is 8.71. The van der Waals surface area contributed by atoms with Crippen LogP contribution in [0.3, 0.4) is 0 Å². The monoisotopic (exact) mass is 350 g/mol. The van der Waals surface area contributed by atoms with Crippen LogP contribution in [0, 0.1) is 0 Å². The van der Waals surface area contributed by atoms with E-state index in [4.69, 9.17) is 0 Å². The lowest BCUT2D eigenvalue weighted by molar-refractivity contribution is -0.116. The number of imidazole rings is 1. The van der Waals surface area contributed by atoms with Gasteiger partial charge in [0.25, 0.3) is 5.91 Å². The summed E-state index contributed by atoms with van der Waals surface area (Å²) in [6.07, 6.45) is 1.66. The van der Waals surface area contributed by atoms with E-state index in [1.54, 1.807) is 35.5 Å². The molecule has 6 nitrogen and oxygen atoms in total. The lowest BCUT2D eigenvalue weighted by Gasteiger charge is -2.18. The van der Waals surface area contributed by atoms with Crippen molar-refractivity contribution in [1.29, 1.82) is 0 Å². The Morgan fingerprint density at radius 3 is 2.42 bits per heavy atom. The standard InChI is InChI=1S/C20H22N4O2/c1-3-23(4-2)20(26)15-9-11-16(12-10-15)22-19(25)13-24-14-21-17-7-5-6-8-18(17)24/h5-12,14H,3-4,13H2,1-2H3,(H,22,25). The van der Waals surface area contributed by atoms with Crippen LogP contribution < -0.4 is 5.32 Å². The molecule has 2 aromatic carbocycles. The highest BCUT2D eigenvalue weighted by molar-refractivity contribution is 5.96. The van der Waals surface area contributed by atoms with Crippen LogP contribution in [-0.2, 0) is 11.3 Å². The van der Waals surface area contributed by atoms with Crippen molar-refractivity contribution in [2.45, 2.75) is 20.4 Å². The van der Waals surface area contributed by atoms with Crippen LogP contribution in [0.2, 0.25) is 0 Å². The van der Waals surface area contributed by atoms with Crippen molar-refractivity contribution in [3.05, 3.63) is 60.4 Å². The predicted molar refractivity (Wildman–Crippen MR) is 102 cm³/mol. The lowest BCUT2D eigenvalue weighted by Crippen LogP contribution is -2.30. The number of anilines is 1. The molecule has 0 unspecified atom stereocenters. The Balaban J connectivity index is 1.65. The number of aromatic nitrogens is 2. The molecule has 0 fully saturated rings. The second-order valence-electron chi connectivity index (χ2n) is 5.96. The molecule has 0 aliphatic carbocycles. The average molecular weight is 350 g/mol. The summed E-state index contributed by atoms with van der Waals surface area (Å²) in [6, 6.07) is 14.7. The number of carbonyl (C=O) groups excluding carboxylic acids is 2. The zero-order chi connectivity index (χ0) is 18.5. The summed E-state index contributed by atoms with van der Waals surface area (Å²) in [5, 5.41) is 2.86. The first kappa shape index (κ1) is 17.7. The van der Waals surface area contributed by atoms with Gasteiger partial charge in [0.2, 0.25) is 5.91 Å². The Morgan fingerprint density at radius 2 is 1.73 bits per heavy atom. The third kappa shape index (κ3) is 3.74. The first-order valence-electron chi connectivity index (χ1n) is 8.71. The molecule has 1 heterocycles. The second-order valence-corrected chi connectivity index (χ2v) is 5.96. The summed E-state index contributed by atoms with van der Waals surface area (Å²) in [5.74, 6) is -0.145. The maximum atomic E-state index is 12.3. The lowest BCUT2D eigenvalue weighted by atomic mass is 10.1. The largest absolute Gasteiger partial charge is 0.339 e. The van der Waals surface area contributed by atoms with Crippen molar-refractivity contribution in [1.82, 2.24) is 14.5 Å². The zero-order valence-corrected chi connectivity index (χ0v) is 15.0. The van der Waals surface area contributed by atoms with E-state index in [1.807, 2.05) is 42.7 Å². The molecule has 0 saturated carbocycles. The van der Waals surface area contributed by atoms with Gasteiger partial charge in [-0.05, 0) is 50.2 Å². The van der Waals surface area contributed by atoms with Gasteiger partial charge < -0.3 is 14.8 Å². The van der Waals surface area contributed by atoms with E-state index in [1.165, 1.54) is 0 Å². The van der Waals surface area contributed by atoms with Crippen molar-refractivity contribution in [3.8, 4) is 0 Å². The van der Waals surface area contributed by atoms with Crippen LogP contribution in [0.4, 0.5) is 5.69 Å². The number of nitrogens with one attached hydrogen (secondary N) is 1. The number of amides is 2. The summed E-state index contributed by atoms with van der Waals surface area (Å²) < 4.78 is 1.81. The van der Waals surface area contributed by atoms with Crippen molar-refractivity contribution < 1.29 is 9.59 Å². The summed E-state index contributed by atoms with van der Waals surface area (Å²) in [5.41, 5.74) is 3.06. The molecule has 0 spiro atoms. The molecule has 0 aliphatic rings. The van der Waals surface area contributed by atoms with Crippen LogP contribution in [-0.4, -0.2) is 39.4 Å². The van der Waals surface area contributed by atoms with E-state index in [-0.39, 0.29) is 18.4 Å². The van der Waals surface area contributed by atoms with Gasteiger partial charge in [0.15, 0.2) is 0 Å². The minimum absolute atomic E-state index is 0.00207. The van der Waals surface area contributed by atoms with E-state index in [9.17, 15) is 9.59 Å².